The van der Waals surface area contributed by atoms with E-state index < -0.39 is 0 Å². The highest BCUT2D eigenvalue weighted by Crippen LogP contribution is 2.33. The van der Waals surface area contributed by atoms with E-state index >= 15 is 0 Å². The summed E-state index contributed by atoms with van der Waals surface area (Å²) in [4.78, 5) is 7.71. The number of nitrogens with zero attached hydrogens (tertiary/aromatic N) is 3. The third kappa shape index (κ3) is 2.43. The first-order valence-electron chi connectivity index (χ1n) is 6.32. The van der Waals surface area contributed by atoms with Crippen LogP contribution in [0.25, 0.3) is 10.7 Å². The van der Waals surface area contributed by atoms with Crippen molar-refractivity contribution in [1.29, 1.82) is 0 Å². The number of piperidine rings is 1. The highest BCUT2D eigenvalue weighted by atomic mass is 32.1. The van der Waals surface area contributed by atoms with Crippen molar-refractivity contribution >= 4 is 17.3 Å². The van der Waals surface area contributed by atoms with Gasteiger partial charge >= 0.3 is 0 Å². The van der Waals surface area contributed by atoms with Crippen LogP contribution in [0.4, 0.5) is 5.95 Å². The van der Waals surface area contributed by atoms with Crippen LogP contribution < -0.4 is 15.4 Å². The lowest BCUT2D eigenvalue weighted by molar-refractivity contribution is 0.418. The molecular formula is C12H17N5OS. The highest BCUT2D eigenvalue weighted by Gasteiger charge is 2.20. The quantitative estimate of drug-likeness (QED) is 0.889. The second kappa shape index (κ2) is 5.18. The molecule has 6 nitrogen and oxygen atoms in total. The molecular weight excluding hydrogens is 262 g/mol. The maximum atomic E-state index is 5.91. The fourth-order valence-electron chi connectivity index (χ4n) is 2.23. The number of thiophene rings is 1. The zero-order valence-electron chi connectivity index (χ0n) is 10.8. The van der Waals surface area contributed by atoms with Crippen LogP contribution >= 0.6 is 11.3 Å². The van der Waals surface area contributed by atoms with Crippen molar-refractivity contribution in [3.63, 3.8) is 0 Å². The number of nitrogens with one attached hydrogen (secondary N) is 1. The molecule has 0 aromatic carbocycles. The fourth-order valence-corrected chi connectivity index (χ4v) is 3.02. The Labute approximate surface area is 115 Å². The van der Waals surface area contributed by atoms with Crippen LogP contribution in [0, 0.1) is 0 Å². The maximum Gasteiger partial charge on any atom is 0.245 e. The number of aromatic amines is 1. The van der Waals surface area contributed by atoms with Crippen LogP contribution in [0.15, 0.2) is 11.4 Å². The second-order valence-electron chi connectivity index (χ2n) is 4.63. The minimum Gasteiger partial charge on any atom is -0.495 e. The largest absolute Gasteiger partial charge is 0.495 e. The molecule has 0 atom stereocenters. The number of anilines is 1. The molecule has 0 aliphatic carbocycles. The molecule has 0 saturated carbocycles. The number of hydrogen-bond donors (Lipinski definition) is 2. The lowest BCUT2D eigenvalue weighted by atomic mass is 10.1. The number of ether oxygens (including phenoxy) is 1. The van der Waals surface area contributed by atoms with Gasteiger partial charge in [-0.05, 0) is 24.3 Å². The Morgan fingerprint density at radius 3 is 3.00 bits per heavy atom. The Hall–Kier alpha value is -1.60. The van der Waals surface area contributed by atoms with Crippen molar-refractivity contribution in [1.82, 2.24) is 15.2 Å². The molecule has 102 valence electrons. The standard InChI is InChI=1S/C12H17N5OS/c1-18-9-4-7-19-10(9)11-14-12(16-15-11)17-5-2-8(13)3-6-17/h4,7-8H,2-3,5-6,13H2,1H3,(H,14,15,16). The number of methoxy groups -OCH3 is 1. The van der Waals surface area contributed by atoms with Gasteiger partial charge in [0.25, 0.3) is 0 Å². The van der Waals surface area contributed by atoms with Gasteiger partial charge in [0.05, 0.1) is 7.11 Å². The summed E-state index contributed by atoms with van der Waals surface area (Å²) in [6.45, 7) is 1.83. The first kappa shape index (κ1) is 12.4. The summed E-state index contributed by atoms with van der Waals surface area (Å²) < 4.78 is 5.30. The highest BCUT2D eigenvalue weighted by molar-refractivity contribution is 7.13. The fraction of sp³-hybridized carbons (Fsp3) is 0.500. The van der Waals surface area contributed by atoms with Gasteiger partial charge in [-0.2, -0.15) is 4.98 Å². The first-order valence-corrected chi connectivity index (χ1v) is 7.20. The van der Waals surface area contributed by atoms with Gasteiger partial charge in [0.2, 0.25) is 5.95 Å². The first-order chi connectivity index (χ1) is 9.28. The Morgan fingerprint density at radius 1 is 1.47 bits per heavy atom. The molecule has 2 aromatic heterocycles. The molecule has 3 heterocycles. The Balaban J connectivity index is 1.80. The van der Waals surface area contributed by atoms with Crippen LogP contribution in [0.5, 0.6) is 5.75 Å². The molecule has 2 aromatic rings. The number of aromatic nitrogens is 3. The van der Waals surface area contributed by atoms with Gasteiger partial charge in [0.15, 0.2) is 5.82 Å². The summed E-state index contributed by atoms with van der Waals surface area (Å²) in [7, 11) is 1.66. The van der Waals surface area contributed by atoms with Crippen molar-refractivity contribution in [3.8, 4) is 16.5 Å². The van der Waals surface area contributed by atoms with E-state index in [0.717, 1.165) is 48.3 Å². The van der Waals surface area contributed by atoms with Crippen molar-refractivity contribution in [2.75, 3.05) is 25.1 Å². The van der Waals surface area contributed by atoms with E-state index in [4.69, 9.17) is 10.5 Å². The molecule has 1 fully saturated rings. The Kier molecular flexibility index (Phi) is 3.39. The van der Waals surface area contributed by atoms with Gasteiger partial charge in [-0.3, -0.25) is 5.10 Å². The molecule has 1 aliphatic heterocycles. The number of rotatable bonds is 3. The van der Waals surface area contributed by atoms with Crippen LogP contribution in [-0.2, 0) is 0 Å². The average molecular weight is 279 g/mol. The van der Waals surface area contributed by atoms with E-state index in [9.17, 15) is 0 Å². The SMILES string of the molecule is COc1ccsc1-c1nc(N2CCC(N)CC2)n[nH]1. The van der Waals surface area contributed by atoms with E-state index in [2.05, 4.69) is 20.1 Å². The molecule has 0 bridgehead atoms. The predicted octanol–water partition coefficient (Wildman–Crippen LogP) is 1.47. The van der Waals surface area contributed by atoms with Gasteiger partial charge in [0, 0.05) is 19.1 Å². The molecule has 1 aliphatic rings. The van der Waals surface area contributed by atoms with Gasteiger partial charge in [0.1, 0.15) is 10.6 Å². The van der Waals surface area contributed by atoms with Crippen molar-refractivity contribution in [3.05, 3.63) is 11.4 Å². The van der Waals surface area contributed by atoms with Crippen LogP contribution in [0.3, 0.4) is 0 Å². The molecule has 19 heavy (non-hydrogen) atoms. The lowest BCUT2D eigenvalue weighted by Crippen LogP contribution is -2.40. The minimum absolute atomic E-state index is 0.312. The normalized spacial score (nSPS) is 16.8. The molecule has 3 rings (SSSR count). The Bertz CT molecular complexity index is 544. The predicted molar refractivity (Wildman–Crippen MR) is 75.7 cm³/mol. The van der Waals surface area contributed by atoms with E-state index in [-0.39, 0.29) is 0 Å². The van der Waals surface area contributed by atoms with Crippen LogP contribution in [-0.4, -0.2) is 41.4 Å². The summed E-state index contributed by atoms with van der Waals surface area (Å²) in [6, 6.07) is 2.24. The van der Waals surface area contributed by atoms with Crippen molar-refractivity contribution in [2.45, 2.75) is 18.9 Å². The summed E-state index contributed by atoms with van der Waals surface area (Å²) >= 11 is 1.59. The van der Waals surface area contributed by atoms with Crippen molar-refractivity contribution < 1.29 is 4.74 Å². The van der Waals surface area contributed by atoms with Crippen LogP contribution in [0.1, 0.15) is 12.8 Å². The van der Waals surface area contributed by atoms with Crippen LogP contribution in [0.2, 0.25) is 0 Å². The van der Waals surface area contributed by atoms with Gasteiger partial charge in [-0.15, -0.1) is 16.4 Å². The molecule has 0 radical (unpaired) electrons. The van der Waals surface area contributed by atoms with Gasteiger partial charge < -0.3 is 15.4 Å². The molecule has 3 N–H and O–H groups in total. The van der Waals surface area contributed by atoms with E-state index in [1.807, 2.05) is 11.4 Å². The molecule has 7 heteroatoms. The lowest BCUT2D eigenvalue weighted by Gasteiger charge is -2.28. The molecule has 1 saturated heterocycles. The topological polar surface area (TPSA) is 80.1 Å². The molecule has 0 spiro atoms. The summed E-state index contributed by atoms with van der Waals surface area (Å²) in [5.41, 5.74) is 5.91. The third-order valence-corrected chi connectivity index (χ3v) is 4.26. The average Bonchev–Trinajstić information content (AvgIpc) is 3.07. The monoisotopic (exact) mass is 279 g/mol. The van der Waals surface area contributed by atoms with E-state index in [0.29, 0.717) is 6.04 Å². The molecule has 0 unspecified atom stereocenters. The zero-order valence-corrected chi connectivity index (χ0v) is 11.6. The second-order valence-corrected chi connectivity index (χ2v) is 5.54. The smallest absolute Gasteiger partial charge is 0.245 e. The molecule has 0 amide bonds. The van der Waals surface area contributed by atoms with E-state index in [1.54, 1.807) is 18.4 Å². The van der Waals surface area contributed by atoms with Gasteiger partial charge in [-0.1, -0.05) is 0 Å². The number of hydrogen-bond acceptors (Lipinski definition) is 6. The number of nitrogens with two attached hydrogens (primary N) is 1. The van der Waals surface area contributed by atoms with Gasteiger partial charge in [-0.25, -0.2) is 0 Å². The zero-order chi connectivity index (χ0) is 13.2. The van der Waals surface area contributed by atoms with E-state index in [1.165, 1.54) is 0 Å². The maximum absolute atomic E-state index is 5.91. The summed E-state index contributed by atoms with van der Waals surface area (Å²) in [5, 5.41) is 9.27. The summed E-state index contributed by atoms with van der Waals surface area (Å²) in [5.74, 6) is 2.34. The summed E-state index contributed by atoms with van der Waals surface area (Å²) in [6.07, 6.45) is 1.98. The van der Waals surface area contributed by atoms with Crippen molar-refractivity contribution in [2.24, 2.45) is 5.73 Å². The number of H-pyrrole nitrogens is 1. The minimum atomic E-state index is 0.312. The Morgan fingerprint density at radius 2 is 2.26 bits per heavy atom. The third-order valence-electron chi connectivity index (χ3n) is 3.36.